The topological polar surface area (TPSA) is 20.3 Å². The number of aryl methyl sites for hydroxylation is 3. The van der Waals surface area contributed by atoms with Gasteiger partial charge in [0.05, 0.1) is 0 Å². The lowest BCUT2D eigenvalue weighted by atomic mass is 9.93. The first-order valence-electron chi connectivity index (χ1n) is 11.1. The van der Waals surface area contributed by atoms with Crippen LogP contribution in [0.25, 0.3) is 11.1 Å². The van der Waals surface area contributed by atoms with E-state index in [-0.39, 0.29) is 5.91 Å². The minimum Gasteiger partial charge on any atom is -0.342 e. The molecular formula is C27H37NO. The Labute approximate surface area is 177 Å². The zero-order valence-electron chi connectivity index (χ0n) is 18.8. The third kappa shape index (κ3) is 6.88. The van der Waals surface area contributed by atoms with Gasteiger partial charge in [-0.15, -0.1) is 0 Å². The van der Waals surface area contributed by atoms with Crippen molar-refractivity contribution in [2.75, 3.05) is 13.6 Å². The molecule has 2 aromatic carbocycles. The first-order valence-corrected chi connectivity index (χ1v) is 11.1. The smallest absolute Gasteiger partial charge is 0.248 e. The minimum atomic E-state index is 0.0349. The van der Waals surface area contributed by atoms with Gasteiger partial charge in [-0.2, -0.15) is 0 Å². The number of hydrogen-bond acceptors (Lipinski definition) is 1. The predicted octanol–water partition coefficient (Wildman–Crippen LogP) is 6.62. The molecule has 2 heteroatoms. The Morgan fingerprint density at radius 1 is 0.931 bits per heavy atom. The highest BCUT2D eigenvalue weighted by Gasteiger charge is 2.09. The maximum Gasteiger partial charge on any atom is 0.248 e. The summed E-state index contributed by atoms with van der Waals surface area (Å²) in [5, 5.41) is 0. The number of carbonyl (C=O) groups excluding carboxylic acids is 1. The van der Waals surface area contributed by atoms with Gasteiger partial charge in [0.15, 0.2) is 0 Å². The minimum absolute atomic E-state index is 0.0349. The maximum atomic E-state index is 11.9. The van der Waals surface area contributed by atoms with Crippen molar-refractivity contribution < 1.29 is 4.79 Å². The van der Waals surface area contributed by atoms with Crippen molar-refractivity contribution >= 4 is 5.91 Å². The van der Waals surface area contributed by atoms with E-state index in [0.29, 0.717) is 5.57 Å². The van der Waals surface area contributed by atoms with E-state index in [1.807, 2.05) is 7.05 Å². The standard InChI is InChI=1S/C27H37NO/c1-6-8-9-11-22-13-16-25(17-14-22)26-18-15-23(20-24(26)7-2)12-10-19-28(5)27(29)21(3)4/h13-18,20H,3,6-12,19H2,1-2,4-5H3. The van der Waals surface area contributed by atoms with Crippen molar-refractivity contribution in [1.29, 1.82) is 0 Å². The SMILES string of the molecule is C=C(C)C(=O)N(C)CCCc1ccc(-c2ccc(CCCCC)cc2)c(CC)c1. The summed E-state index contributed by atoms with van der Waals surface area (Å²) in [6.07, 6.45) is 8.00. The van der Waals surface area contributed by atoms with Gasteiger partial charge in [-0.05, 0) is 66.8 Å². The molecule has 0 unspecified atom stereocenters. The van der Waals surface area contributed by atoms with E-state index in [1.54, 1.807) is 11.8 Å². The molecule has 0 N–H and O–H groups in total. The fraction of sp³-hybridized carbons (Fsp3) is 0.444. The van der Waals surface area contributed by atoms with Gasteiger partial charge in [0.2, 0.25) is 5.91 Å². The summed E-state index contributed by atoms with van der Waals surface area (Å²) in [5.41, 5.74) is 7.42. The van der Waals surface area contributed by atoms with Crippen LogP contribution in [0.5, 0.6) is 0 Å². The molecule has 2 aromatic rings. The van der Waals surface area contributed by atoms with Gasteiger partial charge in [0.1, 0.15) is 0 Å². The number of nitrogens with zero attached hydrogens (tertiary/aromatic N) is 1. The van der Waals surface area contributed by atoms with E-state index < -0.39 is 0 Å². The summed E-state index contributed by atoms with van der Waals surface area (Å²) in [5.74, 6) is 0.0349. The van der Waals surface area contributed by atoms with E-state index in [2.05, 4.69) is 62.9 Å². The quantitative estimate of drug-likeness (QED) is 0.311. The molecule has 2 rings (SSSR count). The maximum absolute atomic E-state index is 11.9. The predicted molar refractivity (Wildman–Crippen MR) is 125 cm³/mol. The van der Waals surface area contributed by atoms with E-state index >= 15 is 0 Å². The Kier molecular flexibility index (Phi) is 9.18. The van der Waals surface area contributed by atoms with Crippen LogP contribution < -0.4 is 0 Å². The van der Waals surface area contributed by atoms with Gasteiger partial charge in [-0.25, -0.2) is 0 Å². The highest BCUT2D eigenvalue weighted by Crippen LogP contribution is 2.26. The van der Waals surface area contributed by atoms with Gasteiger partial charge in [-0.3, -0.25) is 4.79 Å². The first-order chi connectivity index (χ1) is 14.0. The molecule has 2 nitrogen and oxygen atoms in total. The summed E-state index contributed by atoms with van der Waals surface area (Å²) >= 11 is 0. The molecule has 0 aliphatic heterocycles. The van der Waals surface area contributed by atoms with Gasteiger partial charge < -0.3 is 4.90 Å². The van der Waals surface area contributed by atoms with E-state index in [9.17, 15) is 4.79 Å². The Balaban J connectivity index is 2.01. The Bertz CT molecular complexity index is 804. The molecule has 29 heavy (non-hydrogen) atoms. The van der Waals surface area contributed by atoms with E-state index in [4.69, 9.17) is 0 Å². The lowest BCUT2D eigenvalue weighted by molar-refractivity contribution is -0.125. The summed E-state index contributed by atoms with van der Waals surface area (Å²) in [6.45, 7) is 10.7. The number of rotatable bonds is 11. The lowest BCUT2D eigenvalue weighted by Gasteiger charge is -2.17. The normalized spacial score (nSPS) is 10.8. The molecule has 0 spiro atoms. The molecule has 0 radical (unpaired) electrons. The van der Waals surface area contributed by atoms with Crippen molar-refractivity contribution in [3.63, 3.8) is 0 Å². The molecule has 0 atom stereocenters. The fourth-order valence-electron chi connectivity index (χ4n) is 3.75. The molecule has 0 bridgehead atoms. The zero-order valence-corrected chi connectivity index (χ0v) is 18.8. The molecule has 0 aliphatic carbocycles. The summed E-state index contributed by atoms with van der Waals surface area (Å²) < 4.78 is 0. The van der Waals surface area contributed by atoms with Crippen molar-refractivity contribution in [2.45, 2.75) is 65.7 Å². The first kappa shape index (κ1) is 22.9. The second-order valence-electron chi connectivity index (χ2n) is 8.11. The second kappa shape index (κ2) is 11.6. The van der Waals surface area contributed by atoms with Crippen molar-refractivity contribution in [3.8, 4) is 11.1 Å². The van der Waals surface area contributed by atoms with Crippen LogP contribution in [0.4, 0.5) is 0 Å². The molecule has 0 heterocycles. The highest BCUT2D eigenvalue weighted by atomic mass is 16.2. The number of hydrogen-bond donors (Lipinski definition) is 0. The number of amides is 1. The highest BCUT2D eigenvalue weighted by molar-refractivity contribution is 5.91. The lowest BCUT2D eigenvalue weighted by Crippen LogP contribution is -2.28. The molecular weight excluding hydrogens is 354 g/mol. The number of benzene rings is 2. The monoisotopic (exact) mass is 391 g/mol. The average molecular weight is 392 g/mol. The molecule has 156 valence electrons. The van der Waals surface area contributed by atoms with Gasteiger partial charge in [0.25, 0.3) is 0 Å². The zero-order chi connectivity index (χ0) is 21.2. The molecule has 1 amide bonds. The second-order valence-corrected chi connectivity index (χ2v) is 8.11. The number of likely N-dealkylation sites (N-methyl/N-ethyl adjacent to an activating group) is 1. The van der Waals surface area contributed by atoms with Gasteiger partial charge in [-0.1, -0.05) is 75.7 Å². The van der Waals surface area contributed by atoms with Crippen LogP contribution in [0.3, 0.4) is 0 Å². The van der Waals surface area contributed by atoms with Crippen molar-refractivity contribution in [2.24, 2.45) is 0 Å². The molecule has 0 fully saturated rings. The van der Waals surface area contributed by atoms with Crippen LogP contribution >= 0.6 is 0 Å². The molecule has 0 aromatic heterocycles. The van der Waals surface area contributed by atoms with Crippen LogP contribution in [-0.2, 0) is 24.1 Å². The number of unbranched alkanes of at least 4 members (excludes halogenated alkanes) is 2. The van der Waals surface area contributed by atoms with E-state index in [1.165, 1.54) is 53.5 Å². The largest absolute Gasteiger partial charge is 0.342 e. The van der Waals surface area contributed by atoms with Crippen molar-refractivity contribution in [3.05, 3.63) is 71.3 Å². The van der Waals surface area contributed by atoms with E-state index in [0.717, 1.165) is 25.8 Å². The van der Waals surface area contributed by atoms with Gasteiger partial charge >= 0.3 is 0 Å². The Morgan fingerprint density at radius 3 is 2.21 bits per heavy atom. The van der Waals surface area contributed by atoms with Crippen molar-refractivity contribution in [1.82, 2.24) is 4.90 Å². The van der Waals surface area contributed by atoms with Crippen LogP contribution in [0.15, 0.2) is 54.6 Å². The molecule has 0 saturated carbocycles. The van der Waals surface area contributed by atoms with Crippen LogP contribution in [0.2, 0.25) is 0 Å². The third-order valence-corrected chi connectivity index (χ3v) is 5.56. The van der Waals surface area contributed by atoms with Crippen LogP contribution in [-0.4, -0.2) is 24.4 Å². The summed E-state index contributed by atoms with van der Waals surface area (Å²) in [4.78, 5) is 13.7. The Morgan fingerprint density at radius 2 is 1.59 bits per heavy atom. The molecule has 0 aliphatic rings. The number of carbonyl (C=O) groups is 1. The average Bonchev–Trinajstić information content (AvgIpc) is 2.73. The van der Waals surface area contributed by atoms with Crippen LogP contribution in [0, 0.1) is 0 Å². The summed E-state index contributed by atoms with van der Waals surface area (Å²) in [6, 6.07) is 16.0. The van der Waals surface area contributed by atoms with Crippen LogP contribution in [0.1, 0.15) is 63.1 Å². The molecule has 0 saturated heterocycles. The Hall–Kier alpha value is -2.35. The van der Waals surface area contributed by atoms with Gasteiger partial charge in [0, 0.05) is 19.2 Å². The third-order valence-electron chi connectivity index (χ3n) is 5.56. The summed E-state index contributed by atoms with van der Waals surface area (Å²) in [7, 11) is 1.85. The fourth-order valence-corrected chi connectivity index (χ4v) is 3.75.